The summed E-state index contributed by atoms with van der Waals surface area (Å²) in [5, 5.41) is 5.10. The third-order valence-electron chi connectivity index (χ3n) is 4.50. The minimum Gasteiger partial charge on any atom is -0.490 e. The summed E-state index contributed by atoms with van der Waals surface area (Å²) in [4.78, 5) is 12.1. The van der Waals surface area contributed by atoms with Crippen molar-refractivity contribution in [1.82, 2.24) is 5.43 Å². The lowest BCUT2D eigenvalue weighted by atomic mass is 10.2. The van der Waals surface area contributed by atoms with Gasteiger partial charge in [-0.25, -0.2) is 5.43 Å². The lowest BCUT2D eigenvalue weighted by Gasteiger charge is -2.20. The summed E-state index contributed by atoms with van der Waals surface area (Å²) in [6.45, 7) is 5.23. The van der Waals surface area contributed by atoms with Crippen LogP contribution in [0.2, 0.25) is 10.0 Å². The molecule has 1 saturated heterocycles. The van der Waals surface area contributed by atoms with Gasteiger partial charge < -0.3 is 18.9 Å². The first-order chi connectivity index (χ1) is 15.3. The predicted octanol–water partition coefficient (Wildman–Crippen LogP) is 5.34. The molecule has 32 heavy (non-hydrogen) atoms. The van der Waals surface area contributed by atoms with E-state index in [1.807, 2.05) is 19.1 Å². The van der Waals surface area contributed by atoms with E-state index in [0.29, 0.717) is 51.4 Å². The number of benzene rings is 2. The van der Waals surface area contributed by atoms with Crippen molar-refractivity contribution in [3.05, 3.63) is 56.0 Å². The van der Waals surface area contributed by atoms with Crippen LogP contribution in [-0.2, 0) is 20.9 Å². The highest BCUT2D eigenvalue weighted by Crippen LogP contribution is 2.37. The number of ether oxygens (including phenoxy) is 4. The molecule has 1 amide bonds. The summed E-state index contributed by atoms with van der Waals surface area (Å²) in [6, 6.07) is 8.81. The first-order valence-electron chi connectivity index (χ1n) is 9.92. The molecule has 1 aliphatic rings. The fourth-order valence-electron chi connectivity index (χ4n) is 3.02. The molecule has 0 aromatic heterocycles. The van der Waals surface area contributed by atoms with Gasteiger partial charge in [-0.05, 0) is 59.6 Å². The Labute approximate surface area is 205 Å². The van der Waals surface area contributed by atoms with E-state index in [2.05, 4.69) is 26.5 Å². The van der Waals surface area contributed by atoms with Crippen LogP contribution in [0.3, 0.4) is 0 Å². The van der Waals surface area contributed by atoms with Crippen LogP contribution in [0.25, 0.3) is 0 Å². The van der Waals surface area contributed by atoms with Crippen molar-refractivity contribution in [3.63, 3.8) is 0 Å². The first-order valence-corrected chi connectivity index (χ1v) is 11.5. The van der Waals surface area contributed by atoms with Gasteiger partial charge in [0, 0.05) is 15.6 Å². The highest BCUT2D eigenvalue weighted by atomic mass is 79.9. The van der Waals surface area contributed by atoms with E-state index < -0.39 is 5.79 Å². The Morgan fingerprint density at radius 1 is 1.25 bits per heavy atom. The number of amides is 1. The van der Waals surface area contributed by atoms with Crippen molar-refractivity contribution >= 4 is 51.3 Å². The maximum Gasteiger partial charge on any atom is 0.245 e. The SMILES string of the molecule is CCOc1cc(/C=N\NC(=O)CC2(C)OCCO2)cc(Br)c1OCc1ccc(Cl)cc1Cl. The smallest absolute Gasteiger partial charge is 0.245 e. The number of halogens is 3. The second kappa shape index (κ2) is 11.3. The van der Waals surface area contributed by atoms with Gasteiger partial charge >= 0.3 is 0 Å². The van der Waals surface area contributed by atoms with E-state index in [-0.39, 0.29) is 18.9 Å². The lowest BCUT2D eigenvalue weighted by Crippen LogP contribution is -2.33. The average Bonchev–Trinajstić information content (AvgIpc) is 3.14. The fourth-order valence-corrected chi connectivity index (χ4v) is 4.06. The molecule has 0 saturated carbocycles. The van der Waals surface area contributed by atoms with Crippen LogP contribution in [-0.4, -0.2) is 37.7 Å². The summed E-state index contributed by atoms with van der Waals surface area (Å²) in [5.41, 5.74) is 3.98. The summed E-state index contributed by atoms with van der Waals surface area (Å²) in [5.74, 6) is -0.159. The molecule has 1 aliphatic heterocycles. The van der Waals surface area contributed by atoms with Crippen LogP contribution in [0, 0.1) is 0 Å². The Balaban J connectivity index is 1.67. The number of carbonyl (C=O) groups is 1. The van der Waals surface area contributed by atoms with Crippen molar-refractivity contribution in [1.29, 1.82) is 0 Å². The Morgan fingerprint density at radius 2 is 2.00 bits per heavy atom. The topological polar surface area (TPSA) is 78.4 Å². The molecular weight excluding hydrogens is 523 g/mol. The zero-order chi connectivity index (χ0) is 23.1. The van der Waals surface area contributed by atoms with Crippen LogP contribution in [0.15, 0.2) is 39.9 Å². The molecular formula is C22H23BrCl2N2O5. The Morgan fingerprint density at radius 3 is 2.69 bits per heavy atom. The number of rotatable bonds is 9. The van der Waals surface area contributed by atoms with Gasteiger partial charge in [-0.2, -0.15) is 5.10 Å². The van der Waals surface area contributed by atoms with Crippen LogP contribution in [0.1, 0.15) is 31.4 Å². The molecule has 0 spiro atoms. The van der Waals surface area contributed by atoms with Gasteiger partial charge in [-0.3, -0.25) is 4.79 Å². The van der Waals surface area contributed by atoms with Crippen LogP contribution < -0.4 is 14.9 Å². The molecule has 2 aromatic carbocycles. The zero-order valence-corrected chi connectivity index (χ0v) is 20.7. The van der Waals surface area contributed by atoms with E-state index in [9.17, 15) is 4.79 Å². The average molecular weight is 546 g/mol. The normalized spacial score (nSPS) is 15.2. The van der Waals surface area contributed by atoms with E-state index in [1.54, 1.807) is 25.1 Å². The molecule has 2 aromatic rings. The molecule has 1 N–H and O–H groups in total. The summed E-state index contributed by atoms with van der Waals surface area (Å²) >= 11 is 15.7. The quantitative estimate of drug-likeness (QED) is 0.340. The number of nitrogens with one attached hydrogen (secondary N) is 1. The molecule has 0 unspecified atom stereocenters. The van der Waals surface area contributed by atoms with E-state index in [4.69, 9.17) is 42.1 Å². The number of carbonyl (C=O) groups excluding carboxylic acids is 1. The highest BCUT2D eigenvalue weighted by molar-refractivity contribution is 9.10. The molecule has 3 rings (SSSR count). The van der Waals surface area contributed by atoms with Gasteiger partial charge in [0.15, 0.2) is 17.3 Å². The molecule has 1 fully saturated rings. The Hall–Kier alpha value is -1.84. The minimum absolute atomic E-state index is 0.0538. The second-order valence-electron chi connectivity index (χ2n) is 7.09. The third-order valence-corrected chi connectivity index (χ3v) is 5.68. The van der Waals surface area contributed by atoms with Gasteiger partial charge in [0.05, 0.1) is 36.9 Å². The maximum absolute atomic E-state index is 12.1. The van der Waals surface area contributed by atoms with Crippen molar-refractivity contribution < 1.29 is 23.7 Å². The molecule has 1 heterocycles. The van der Waals surface area contributed by atoms with E-state index in [1.165, 1.54) is 6.21 Å². The second-order valence-corrected chi connectivity index (χ2v) is 8.79. The monoisotopic (exact) mass is 544 g/mol. The molecule has 10 heteroatoms. The standard InChI is InChI=1S/C22H23BrCl2N2O5/c1-3-29-19-9-14(12-26-27-20(28)11-22(2)31-6-7-32-22)8-17(23)21(19)30-13-15-4-5-16(24)10-18(15)25/h4-5,8-10,12H,3,6-7,11,13H2,1-2H3,(H,27,28)/b26-12-. The van der Waals surface area contributed by atoms with Gasteiger partial charge in [-0.1, -0.05) is 29.3 Å². The van der Waals surface area contributed by atoms with Crippen LogP contribution in [0.4, 0.5) is 0 Å². The van der Waals surface area contributed by atoms with Crippen molar-refractivity contribution in [2.24, 2.45) is 5.10 Å². The molecule has 0 atom stereocenters. The number of hydrazone groups is 1. The largest absolute Gasteiger partial charge is 0.490 e. The van der Waals surface area contributed by atoms with Crippen molar-refractivity contribution in [3.8, 4) is 11.5 Å². The number of hydrogen-bond donors (Lipinski definition) is 1. The van der Waals surface area contributed by atoms with Crippen molar-refractivity contribution in [2.75, 3.05) is 19.8 Å². The summed E-state index contributed by atoms with van der Waals surface area (Å²) < 4.78 is 23.2. The summed E-state index contributed by atoms with van der Waals surface area (Å²) in [7, 11) is 0. The van der Waals surface area contributed by atoms with Crippen LogP contribution >= 0.6 is 39.1 Å². The number of hydrogen-bond acceptors (Lipinski definition) is 6. The van der Waals surface area contributed by atoms with Crippen LogP contribution in [0.5, 0.6) is 11.5 Å². The minimum atomic E-state index is -0.906. The van der Waals surface area contributed by atoms with Crippen molar-refractivity contribution in [2.45, 2.75) is 32.7 Å². The molecule has 0 bridgehead atoms. The molecule has 172 valence electrons. The van der Waals surface area contributed by atoms with Gasteiger partial charge in [0.1, 0.15) is 6.61 Å². The third kappa shape index (κ3) is 6.83. The molecule has 0 radical (unpaired) electrons. The van der Waals surface area contributed by atoms with Gasteiger partial charge in [0.2, 0.25) is 5.91 Å². The lowest BCUT2D eigenvalue weighted by molar-refractivity contribution is -0.159. The fraction of sp³-hybridized carbons (Fsp3) is 0.364. The predicted molar refractivity (Wildman–Crippen MR) is 127 cm³/mol. The summed E-state index contributed by atoms with van der Waals surface area (Å²) in [6.07, 6.45) is 1.57. The Kier molecular flexibility index (Phi) is 8.79. The highest BCUT2D eigenvalue weighted by Gasteiger charge is 2.33. The molecule has 0 aliphatic carbocycles. The first kappa shape index (κ1) is 24.8. The van der Waals surface area contributed by atoms with Gasteiger partial charge in [0.25, 0.3) is 0 Å². The van der Waals surface area contributed by atoms with E-state index >= 15 is 0 Å². The van der Waals surface area contributed by atoms with E-state index in [0.717, 1.165) is 5.56 Å². The Bertz CT molecular complexity index is 997. The van der Waals surface area contributed by atoms with Gasteiger partial charge in [-0.15, -0.1) is 0 Å². The maximum atomic E-state index is 12.1. The zero-order valence-electron chi connectivity index (χ0n) is 17.6. The number of nitrogens with zero attached hydrogens (tertiary/aromatic N) is 1. The molecule has 7 nitrogen and oxygen atoms in total.